The van der Waals surface area contributed by atoms with Crippen molar-refractivity contribution in [3.05, 3.63) is 76.5 Å². The molecule has 0 aliphatic rings. The van der Waals surface area contributed by atoms with E-state index in [2.05, 4.69) is 15.3 Å². The Morgan fingerprint density at radius 3 is 2.42 bits per heavy atom. The number of rotatable bonds is 5. The fourth-order valence-electron chi connectivity index (χ4n) is 4.11. The number of nitrogens with zero attached hydrogens (tertiary/aromatic N) is 4. The third-order valence-corrected chi connectivity index (χ3v) is 5.53. The van der Waals surface area contributed by atoms with Gasteiger partial charge in [-0.05, 0) is 37.7 Å². The van der Waals surface area contributed by atoms with Crippen LogP contribution in [0.3, 0.4) is 0 Å². The van der Waals surface area contributed by atoms with Gasteiger partial charge < -0.3 is 5.32 Å². The second-order valence-corrected chi connectivity index (χ2v) is 7.66. The summed E-state index contributed by atoms with van der Waals surface area (Å²) < 4.78 is 58.5. The summed E-state index contributed by atoms with van der Waals surface area (Å²) in [5.74, 6) is -3.74. The molecule has 1 N–H and O–H groups in total. The number of aryl methyl sites for hydroxylation is 1. The van der Waals surface area contributed by atoms with Gasteiger partial charge in [0.25, 0.3) is 0 Å². The van der Waals surface area contributed by atoms with Crippen LogP contribution in [-0.2, 0) is 6.54 Å². The molecule has 5 aromatic rings. The Morgan fingerprint density at radius 2 is 1.70 bits per heavy atom. The number of imidazole rings is 1. The molecule has 3 aromatic heterocycles. The zero-order chi connectivity index (χ0) is 23.3. The van der Waals surface area contributed by atoms with Crippen molar-refractivity contribution in [2.75, 3.05) is 13.6 Å². The van der Waals surface area contributed by atoms with Gasteiger partial charge in [0, 0.05) is 42.7 Å². The highest BCUT2D eigenvalue weighted by molar-refractivity contribution is 6.02. The lowest BCUT2D eigenvalue weighted by Crippen LogP contribution is -2.28. The van der Waals surface area contributed by atoms with Gasteiger partial charge in [0.05, 0.1) is 21.9 Å². The Bertz CT molecular complexity index is 1590. The minimum absolute atomic E-state index is 0.0995. The maximum Gasteiger partial charge on any atom is 0.334 e. The van der Waals surface area contributed by atoms with Gasteiger partial charge in [-0.15, -0.1) is 0 Å². The predicted octanol–water partition coefficient (Wildman–Crippen LogP) is 4.03. The molecule has 0 bridgehead atoms. The zero-order valence-electron chi connectivity index (χ0n) is 17.4. The second-order valence-electron chi connectivity index (χ2n) is 7.66. The van der Waals surface area contributed by atoms with Crippen LogP contribution in [0.5, 0.6) is 0 Å². The third-order valence-electron chi connectivity index (χ3n) is 5.53. The number of pyridine rings is 1. The van der Waals surface area contributed by atoms with Crippen molar-refractivity contribution in [1.29, 1.82) is 0 Å². The van der Waals surface area contributed by atoms with E-state index >= 15 is 0 Å². The predicted molar refractivity (Wildman–Crippen MR) is 116 cm³/mol. The number of benzene rings is 2. The van der Waals surface area contributed by atoms with Gasteiger partial charge in [0.2, 0.25) is 0 Å². The SMILES string of the molecule is CNCCCn1c(=O)n2c3cc(F)c(F)cc3nc2c2cncc(-c3cc(F)cc(F)c3)c21. The van der Waals surface area contributed by atoms with Crippen molar-refractivity contribution < 1.29 is 17.6 Å². The number of fused-ring (bicyclic) bond motifs is 5. The van der Waals surface area contributed by atoms with Crippen LogP contribution in [0.1, 0.15) is 6.42 Å². The summed E-state index contributed by atoms with van der Waals surface area (Å²) in [4.78, 5) is 22.2. The van der Waals surface area contributed by atoms with Crippen LogP contribution in [0.4, 0.5) is 17.6 Å². The Balaban J connectivity index is 1.94. The smallest absolute Gasteiger partial charge is 0.320 e. The molecule has 0 radical (unpaired) electrons. The van der Waals surface area contributed by atoms with Gasteiger partial charge in [0.1, 0.15) is 11.6 Å². The lowest BCUT2D eigenvalue weighted by atomic mass is 10.0. The van der Waals surface area contributed by atoms with E-state index in [4.69, 9.17) is 0 Å². The third kappa shape index (κ3) is 3.43. The molecule has 10 heteroatoms. The number of hydrogen-bond donors (Lipinski definition) is 1. The highest BCUT2D eigenvalue weighted by Gasteiger charge is 2.20. The lowest BCUT2D eigenvalue weighted by molar-refractivity contribution is 0.510. The number of aromatic nitrogens is 4. The summed E-state index contributed by atoms with van der Waals surface area (Å²) in [6.07, 6.45) is 3.45. The monoisotopic (exact) mass is 455 g/mol. The Kier molecular flexibility index (Phi) is 5.09. The molecule has 168 valence electrons. The number of hydrogen-bond acceptors (Lipinski definition) is 4. The van der Waals surface area contributed by atoms with Crippen molar-refractivity contribution in [2.24, 2.45) is 0 Å². The summed E-state index contributed by atoms with van der Waals surface area (Å²) in [6, 6.07) is 4.91. The molecule has 0 spiro atoms. The second kappa shape index (κ2) is 7.96. The first-order chi connectivity index (χ1) is 15.9. The van der Waals surface area contributed by atoms with Crippen LogP contribution in [0, 0.1) is 23.3 Å². The topological polar surface area (TPSA) is 64.2 Å². The molecule has 5 rings (SSSR count). The highest BCUT2D eigenvalue weighted by atomic mass is 19.2. The van der Waals surface area contributed by atoms with Crippen LogP contribution >= 0.6 is 0 Å². The van der Waals surface area contributed by atoms with E-state index in [9.17, 15) is 22.4 Å². The van der Waals surface area contributed by atoms with Gasteiger partial charge in [-0.25, -0.2) is 31.7 Å². The molecule has 0 aliphatic carbocycles. The molecule has 0 atom stereocenters. The van der Waals surface area contributed by atoms with E-state index in [1.54, 1.807) is 7.05 Å². The Hall–Kier alpha value is -3.79. The first kappa shape index (κ1) is 21.1. The van der Waals surface area contributed by atoms with E-state index in [0.29, 0.717) is 29.4 Å². The fourth-order valence-corrected chi connectivity index (χ4v) is 4.11. The average molecular weight is 455 g/mol. The largest absolute Gasteiger partial charge is 0.334 e. The summed E-state index contributed by atoms with van der Waals surface area (Å²) in [5, 5.41) is 3.41. The molecule has 0 amide bonds. The van der Waals surface area contributed by atoms with Crippen molar-refractivity contribution >= 4 is 27.6 Å². The normalized spacial score (nSPS) is 11.8. The minimum atomic E-state index is -1.10. The van der Waals surface area contributed by atoms with Crippen LogP contribution in [0.25, 0.3) is 38.7 Å². The Morgan fingerprint density at radius 1 is 0.970 bits per heavy atom. The maximum atomic E-state index is 14.0. The minimum Gasteiger partial charge on any atom is -0.320 e. The lowest BCUT2D eigenvalue weighted by Gasteiger charge is -2.15. The van der Waals surface area contributed by atoms with Crippen molar-refractivity contribution in [3.63, 3.8) is 0 Å². The standard InChI is InChI=1S/C23H17F4N5O/c1-28-3-2-4-31-21-15(12-5-13(24)7-14(25)6-12)10-29-11-16(21)22-30-19-8-17(26)18(27)9-20(19)32(22)23(31)33/h5-11,28H,2-4H2,1H3. The number of halogens is 4. The first-order valence-corrected chi connectivity index (χ1v) is 10.2. The molecule has 3 heterocycles. The van der Waals surface area contributed by atoms with Gasteiger partial charge in [-0.2, -0.15) is 0 Å². The molecule has 6 nitrogen and oxygen atoms in total. The van der Waals surface area contributed by atoms with E-state index in [0.717, 1.165) is 30.3 Å². The molecule has 2 aromatic carbocycles. The van der Waals surface area contributed by atoms with Gasteiger partial charge in [-0.3, -0.25) is 9.55 Å². The van der Waals surface area contributed by atoms with Crippen molar-refractivity contribution in [3.8, 4) is 11.1 Å². The molecular formula is C23H17F4N5O. The molecule has 0 aliphatic heterocycles. The fraction of sp³-hybridized carbons (Fsp3) is 0.174. The van der Waals surface area contributed by atoms with Crippen LogP contribution in [0.15, 0.2) is 47.5 Å². The van der Waals surface area contributed by atoms with E-state index in [1.807, 2.05) is 0 Å². The Labute approximate surface area is 184 Å². The van der Waals surface area contributed by atoms with Crippen LogP contribution < -0.4 is 11.0 Å². The van der Waals surface area contributed by atoms with E-state index < -0.39 is 29.0 Å². The highest BCUT2D eigenvalue weighted by Crippen LogP contribution is 2.31. The summed E-state index contributed by atoms with van der Waals surface area (Å²) in [6.45, 7) is 0.857. The zero-order valence-corrected chi connectivity index (χ0v) is 17.4. The van der Waals surface area contributed by atoms with E-state index in [1.165, 1.54) is 21.4 Å². The summed E-state index contributed by atoms with van der Waals surface area (Å²) >= 11 is 0. The molecule has 0 unspecified atom stereocenters. The molecule has 33 heavy (non-hydrogen) atoms. The number of nitrogens with one attached hydrogen (secondary N) is 1. The summed E-state index contributed by atoms with van der Waals surface area (Å²) in [5.41, 5.74) is 0.726. The molecular weight excluding hydrogens is 438 g/mol. The van der Waals surface area contributed by atoms with Crippen LogP contribution in [-0.4, -0.2) is 32.5 Å². The van der Waals surface area contributed by atoms with Crippen LogP contribution in [0.2, 0.25) is 0 Å². The van der Waals surface area contributed by atoms with Crippen molar-refractivity contribution in [2.45, 2.75) is 13.0 Å². The van der Waals surface area contributed by atoms with E-state index in [-0.39, 0.29) is 28.8 Å². The maximum absolute atomic E-state index is 14.0. The molecule has 0 saturated heterocycles. The molecule has 0 saturated carbocycles. The molecule has 0 fully saturated rings. The average Bonchev–Trinajstić information content (AvgIpc) is 3.14. The quantitative estimate of drug-likeness (QED) is 0.321. The van der Waals surface area contributed by atoms with Gasteiger partial charge in [0.15, 0.2) is 17.3 Å². The first-order valence-electron chi connectivity index (χ1n) is 10.2. The van der Waals surface area contributed by atoms with Gasteiger partial charge >= 0.3 is 5.69 Å². The van der Waals surface area contributed by atoms with Gasteiger partial charge in [-0.1, -0.05) is 0 Å². The van der Waals surface area contributed by atoms with Crippen molar-refractivity contribution in [1.82, 2.24) is 24.3 Å². The summed E-state index contributed by atoms with van der Waals surface area (Å²) in [7, 11) is 1.77.